The highest BCUT2D eigenvalue weighted by atomic mass is 14.7. The molecule has 4 aliphatic carbocycles. The fraction of sp³-hybridized carbons (Fsp3) is 0.867. The highest BCUT2D eigenvalue weighted by molar-refractivity contribution is 5.21. The van der Waals surface area contributed by atoms with Gasteiger partial charge in [-0.05, 0) is 73.2 Å². The van der Waals surface area contributed by atoms with E-state index in [0.29, 0.717) is 0 Å². The number of fused-ring (bicyclic) bond motifs is 9. The fourth-order valence-electron chi connectivity index (χ4n) is 6.14. The van der Waals surface area contributed by atoms with E-state index in [1.165, 1.54) is 19.3 Å². The van der Waals surface area contributed by atoms with E-state index in [1.54, 1.807) is 0 Å². The topological polar surface area (TPSA) is 26.0 Å². The normalized spacial score (nSPS) is 60.9. The molecule has 3 saturated carbocycles. The van der Waals surface area contributed by atoms with Crippen LogP contribution in [-0.2, 0) is 0 Å². The lowest BCUT2D eigenvalue weighted by molar-refractivity contribution is 0.0937. The van der Waals surface area contributed by atoms with Crippen molar-refractivity contribution in [3.05, 3.63) is 12.2 Å². The van der Waals surface area contributed by atoms with Crippen LogP contribution in [0, 0.1) is 47.3 Å². The van der Waals surface area contributed by atoms with Crippen molar-refractivity contribution in [3.8, 4) is 0 Å². The smallest absolute Gasteiger partial charge is 0.00744 e. The second-order valence-corrected chi connectivity index (χ2v) is 6.77. The van der Waals surface area contributed by atoms with Gasteiger partial charge in [-0.1, -0.05) is 19.1 Å². The van der Waals surface area contributed by atoms with Gasteiger partial charge in [0.15, 0.2) is 0 Å². The van der Waals surface area contributed by atoms with Gasteiger partial charge in [0.25, 0.3) is 0 Å². The van der Waals surface area contributed by atoms with Crippen LogP contribution >= 0.6 is 0 Å². The standard InChI is InChI=1S/C15H23N/c1-8-11(4-5-16)13-7-12(8)14-9-2-3-10(6-9)15(13)14/h2-3,8-15H,4-7,16H2,1H3. The van der Waals surface area contributed by atoms with Crippen molar-refractivity contribution < 1.29 is 0 Å². The summed E-state index contributed by atoms with van der Waals surface area (Å²) in [7, 11) is 0. The van der Waals surface area contributed by atoms with Crippen molar-refractivity contribution in [3.63, 3.8) is 0 Å². The van der Waals surface area contributed by atoms with Crippen LogP contribution in [0.4, 0.5) is 0 Å². The third-order valence-corrected chi connectivity index (χ3v) is 6.52. The molecule has 4 aliphatic rings. The maximum atomic E-state index is 5.80. The number of hydrogen-bond acceptors (Lipinski definition) is 1. The van der Waals surface area contributed by atoms with Crippen LogP contribution in [-0.4, -0.2) is 6.54 Å². The van der Waals surface area contributed by atoms with Gasteiger partial charge in [-0.25, -0.2) is 0 Å². The third kappa shape index (κ3) is 0.971. The third-order valence-electron chi connectivity index (χ3n) is 6.52. The maximum absolute atomic E-state index is 5.80. The highest BCUT2D eigenvalue weighted by Crippen LogP contribution is 2.68. The first-order valence-electron chi connectivity index (χ1n) is 7.19. The molecule has 8 atom stereocenters. The second-order valence-electron chi connectivity index (χ2n) is 6.77. The summed E-state index contributed by atoms with van der Waals surface area (Å²) in [5, 5.41) is 0. The predicted molar refractivity (Wildman–Crippen MR) is 65.6 cm³/mol. The Bertz CT molecular complexity index is 334. The van der Waals surface area contributed by atoms with Crippen molar-refractivity contribution >= 4 is 0 Å². The zero-order chi connectivity index (χ0) is 10.9. The van der Waals surface area contributed by atoms with E-state index in [4.69, 9.17) is 5.73 Å². The molecule has 4 rings (SSSR count). The SMILES string of the molecule is CC1C(CCN)C2CC1C1C3C=CC(C3)C21. The Labute approximate surface area is 98.5 Å². The van der Waals surface area contributed by atoms with Crippen molar-refractivity contribution in [2.45, 2.75) is 26.2 Å². The van der Waals surface area contributed by atoms with Crippen LogP contribution in [0.25, 0.3) is 0 Å². The molecule has 0 aromatic rings. The van der Waals surface area contributed by atoms with Gasteiger partial charge in [0.05, 0.1) is 0 Å². The van der Waals surface area contributed by atoms with E-state index >= 15 is 0 Å². The summed E-state index contributed by atoms with van der Waals surface area (Å²) < 4.78 is 0. The molecule has 1 nitrogen and oxygen atoms in total. The lowest BCUT2D eigenvalue weighted by Gasteiger charge is -2.40. The Morgan fingerprint density at radius 1 is 1.06 bits per heavy atom. The summed E-state index contributed by atoms with van der Waals surface area (Å²) >= 11 is 0. The van der Waals surface area contributed by atoms with Crippen LogP contribution < -0.4 is 5.73 Å². The zero-order valence-corrected chi connectivity index (χ0v) is 10.2. The van der Waals surface area contributed by atoms with Gasteiger partial charge in [-0.15, -0.1) is 0 Å². The molecule has 0 spiro atoms. The number of allylic oxidation sites excluding steroid dienone is 2. The quantitative estimate of drug-likeness (QED) is 0.558. The second kappa shape index (κ2) is 3.13. The summed E-state index contributed by atoms with van der Waals surface area (Å²) in [6.45, 7) is 3.41. The minimum absolute atomic E-state index is 0.902. The molecule has 88 valence electrons. The molecule has 2 N–H and O–H groups in total. The van der Waals surface area contributed by atoms with E-state index < -0.39 is 0 Å². The number of rotatable bonds is 2. The van der Waals surface area contributed by atoms with Crippen LogP contribution in [0.3, 0.4) is 0 Å². The Morgan fingerprint density at radius 2 is 1.75 bits per heavy atom. The molecule has 1 heteroatoms. The molecular weight excluding hydrogens is 194 g/mol. The number of nitrogens with two attached hydrogens (primary N) is 1. The van der Waals surface area contributed by atoms with Gasteiger partial charge < -0.3 is 5.73 Å². The first kappa shape index (κ1) is 9.70. The molecule has 0 heterocycles. The average Bonchev–Trinajstić information content (AvgIpc) is 2.97. The van der Waals surface area contributed by atoms with Crippen LogP contribution in [0.1, 0.15) is 26.2 Å². The van der Waals surface area contributed by atoms with Crippen LogP contribution in [0.15, 0.2) is 12.2 Å². The van der Waals surface area contributed by atoms with E-state index in [1.807, 2.05) is 0 Å². The summed E-state index contributed by atoms with van der Waals surface area (Å²) in [6.07, 6.45) is 9.39. The Balaban J connectivity index is 1.67. The average molecular weight is 217 g/mol. The van der Waals surface area contributed by atoms with Crippen LogP contribution in [0.2, 0.25) is 0 Å². The van der Waals surface area contributed by atoms with Crippen molar-refractivity contribution in [2.24, 2.45) is 53.1 Å². The Kier molecular flexibility index (Phi) is 1.90. The summed E-state index contributed by atoms with van der Waals surface area (Å²) in [4.78, 5) is 0. The summed E-state index contributed by atoms with van der Waals surface area (Å²) in [6, 6.07) is 0. The Morgan fingerprint density at radius 3 is 2.44 bits per heavy atom. The summed E-state index contributed by atoms with van der Waals surface area (Å²) in [5.41, 5.74) is 5.80. The molecule has 3 fully saturated rings. The van der Waals surface area contributed by atoms with E-state index in [9.17, 15) is 0 Å². The monoisotopic (exact) mass is 217 g/mol. The first-order valence-corrected chi connectivity index (χ1v) is 7.19. The molecule has 0 saturated heterocycles. The van der Waals surface area contributed by atoms with Gasteiger partial charge >= 0.3 is 0 Å². The lowest BCUT2D eigenvalue weighted by Crippen LogP contribution is -2.36. The number of hydrogen-bond donors (Lipinski definition) is 1. The largest absolute Gasteiger partial charge is 0.330 e. The Hall–Kier alpha value is -0.300. The highest BCUT2D eigenvalue weighted by Gasteiger charge is 2.62. The molecule has 0 radical (unpaired) electrons. The molecule has 0 aliphatic heterocycles. The fourth-order valence-corrected chi connectivity index (χ4v) is 6.14. The van der Waals surface area contributed by atoms with Gasteiger partial charge in [-0.3, -0.25) is 0 Å². The minimum atomic E-state index is 0.902. The summed E-state index contributed by atoms with van der Waals surface area (Å²) in [5.74, 6) is 8.06. The molecular formula is C15H23N. The molecule has 16 heavy (non-hydrogen) atoms. The van der Waals surface area contributed by atoms with E-state index in [-0.39, 0.29) is 0 Å². The van der Waals surface area contributed by atoms with Gasteiger partial charge in [0.2, 0.25) is 0 Å². The predicted octanol–water partition coefficient (Wildman–Crippen LogP) is 2.68. The van der Waals surface area contributed by atoms with Gasteiger partial charge in [0.1, 0.15) is 0 Å². The minimum Gasteiger partial charge on any atom is -0.330 e. The molecule has 0 aromatic carbocycles. The molecule has 0 aromatic heterocycles. The van der Waals surface area contributed by atoms with E-state index in [2.05, 4.69) is 19.1 Å². The first-order chi connectivity index (χ1) is 7.81. The van der Waals surface area contributed by atoms with Crippen molar-refractivity contribution in [1.82, 2.24) is 0 Å². The van der Waals surface area contributed by atoms with Crippen molar-refractivity contribution in [1.29, 1.82) is 0 Å². The zero-order valence-electron chi connectivity index (χ0n) is 10.2. The van der Waals surface area contributed by atoms with Crippen LogP contribution in [0.5, 0.6) is 0 Å². The van der Waals surface area contributed by atoms with Gasteiger partial charge in [0, 0.05) is 0 Å². The molecule has 4 bridgehead atoms. The lowest BCUT2D eigenvalue weighted by atomic mass is 9.64. The van der Waals surface area contributed by atoms with E-state index in [0.717, 1.165) is 53.9 Å². The van der Waals surface area contributed by atoms with Gasteiger partial charge in [-0.2, -0.15) is 0 Å². The van der Waals surface area contributed by atoms with Crippen molar-refractivity contribution in [2.75, 3.05) is 6.54 Å². The maximum Gasteiger partial charge on any atom is -0.00744 e. The molecule has 8 unspecified atom stereocenters. The molecule has 0 amide bonds.